The van der Waals surface area contributed by atoms with Gasteiger partial charge in [0.2, 0.25) is 0 Å². The lowest BCUT2D eigenvalue weighted by Crippen LogP contribution is -2.33. The molecule has 2 amide bonds. The zero-order valence-corrected chi connectivity index (χ0v) is 17.2. The van der Waals surface area contributed by atoms with Gasteiger partial charge in [-0.3, -0.25) is 0 Å². The summed E-state index contributed by atoms with van der Waals surface area (Å²) >= 11 is 0. The quantitative estimate of drug-likeness (QED) is 0.629. The lowest BCUT2D eigenvalue weighted by molar-refractivity contribution is 0.218. The minimum Gasteiger partial charge on any atom is -0.322 e. The van der Waals surface area contributed by atoms with Crippen LogP contribution in [0.2, 0.25) is 0 Å². The Morgan fingerprint density at radius 2 is 1.97 bits per heavy atom. The van der Waals surface area contributed by atoms with Crippen LogP contribution in [0, 0.1) is 5.82 Å². The number of benzene rings is 1. The molecule has 5 rings (SSSR count). The van der Waals surface area contributed by atoms with Crippen molar-refractivity contribution in [3.63, 3.8) is 0 Å². The molecule has 1 aromatic carbocycles. The van der Waals surface area contributed by atoms with Crippen LogP contribution in [0.25, 0.3) is 16.7 Å². The van der Waals surface area contributed by atoms with Crippen molar-refractivity contribution in [3.8, 4) is 5.69 Å². The highest BCUT2D eigenvalue weighted by Crippen LogP contribution is 2.33. The molecule has 8 heteroatoms. The number of fused-ring (bicyclic) bond motifs is 1. The Balaban J connectivity index is 1.40. The summed E-state index contributed by atoms with van der Waals surface area (Å²) in [5.41, 5.74) is 2.42. The smallest absolute Gasteiger partial charge is 0.321 e. The number of urea groups is 1. The number of aromatic nitrogens is 3. The van der Waals surface area contributed by atoms with Crippen LogP contribution in [-0.4, -0.2) is 45.0 Å². The van der Waals surface area contributed by atoms with Gasteiger partial charge in [0.25, 0.3) is 0 Å². The van der Waals surface area contributed by atoms with Crippen LogP contribution in [0.1, 0.15) is 50.0 Å². The number of amides is 2. The van der Waals surface area contributed by atoms with E-state index in [4.69, 9.17) is 0 Å². The third-order valence-electron chi connectivity index (χ3n) is 6.32. The molecule has 1 unspecified atom stereocenters. The molecule has 0 radical (unpaired) electrons. The highest BCUT2D eigenvalue weighted by Gasteiger charge is 2.26. The maximum atomic E-state index is 14.6. The van der Waals surface area contributed by atoms with Gasteiger partial charge in [-0.15, -0.1) is 5.10 Å². The fraction of sp³-hybridized carbons (Fsp3) is 0.435. The SMILES string of the molecule is O=C(Nc1ccc(F)c(-n2cc3cc(C4CCCCC4)cnc3n2)c1)N1CCC(F)C1. The molecule has 2 aliphatic rings. The van der Waals surface area contributed by atoms with Gasteiger partial charge in [-0.1, -0.05) is 19.3 Å². The van der Waals surface area contributed by atoms with Crippen molar-refractivity contribution in [1.29, 1.82) is 0 Å². The average molecular weight is 425 g/mol. The minimum absolute atomic E-state index is 0.0828. The summed E-state index contributed by atoms with van der Waals surface area (Å²) in [6, 6.07) is 6.03. The topological polar surface area (TPSA) is 63.1 Å². The Hall–Kier alpha value is -3.03. The van der Waals surface area contributed by atoms with E-state index in [0.29, 0.717) is 30.2 Å². The van der Waals surface area contributed by atoms with E-state index in [1.807, 2.05) is 6.20 Å². The number of carbonyl (C=O) groups is 1. The van der Waals surface area contributed by atoms with Gasteiger partial charge in [-0.05, 0) is 55.0 Å². The number of nitrogens with zero attached hydrogens (tertiary/aromatic N) is 4. The molecule has 2 aromatic heterocycles. The molecule has 162 valence electrons. The van der Waals surface area contributed by atoms with E-state index < -0.39 is 12.0 Å². The Bertz CT molecular complexity index is 1110. The van der Waals surface area contributed by atoms with Gasteiger partial charge in [0.1, 0.15) is 17.7 Å². The summed E-state index contributed by atoms with van der Waals surface area (Å²) in [6.07, 6.45) is 9.15. The third-order valence-corrected chi connectivity index (χ3v) is 6.32. The third kappa shape index (κ3) is 4.11. The number of rotatable bonds is 3. The molecule has 3 aromatic rings. The van der Waals surface area contributed by atoms with E-state index in [9.17, 15) is 13.6 Å². The summed E-state index contributed by atoms with van der Waals surface area (Å²) < 4.78 is 29.4. The second-order valence-corrected chi connectivity index (χ2v) is 8.52. The normalized spacial score (nSPS) is 19.8. The highest BCUT2D eigenvalue weighted by molar-refractivity contribution is 5.90. The second kappa shape index (κ2) is 8.24. The van der Waals surface area contributed by atoms with Crippen molar-refractivity contribution >= 4 is 22.8 Å². The zero-order chi connectivity index (χ0) is 21.4. The van der Waals surface area contributed by atoms with Gasteiger partial charge in [-0.25, -0.2) is 23.2 Å². The van der Waals surface area contributed by atoms with Crippen LogP contribution in [0.4, 0.5) is 19.3 Å². The van der Waals surface area contributed by atoms with Crippen LogP contribution in [0.15, 0.2) is 36.7 Å². The molecule has 3 heterocycles. The number of likely N-dealkylation sites (tertiary alicyclic amines) is 1. The monoisotopic (exact) mass is 425 g/mol. The number of carbonyl (C=O) groups excluding carboxylic acids is 1. The largest absolute Gasteiger partial charge is 0.322 e. The Labute approximate surface area is 179 Å². The van der Waals surface area contributed by atoms with Gasteiger partial charge in [0.05, 0.1) is 6.54 Å². The molecule has 0 bridgehead atoms. The Kier molecular flexibility index (Phi) is 5.29. The minimum atomic E-state index is -0.989. The van der Waals surface area contributed by atoms with E-state index in [2.05, 4.69) is 21.5 Å². The molecule has 1 atom stereocenters. The molecule has 2 fully saturated rings. The molecular weight excluding hydrogens is 400 g/mol. The number of alkyl halides is 1. The predicted molar refractivity (Wildman–Crippen MR) is 115 cm³/mol. The van der Waals surface area contributed by atoms with Gasteiger partial charge in [0.15, 0.2) is 5.65 Å². The average Bonchev–Trinajstić information content (AvgIpc) is 3.41. The summed E-state index contributed by atoms with van der Waals surface area (Å²) in [7, 11) is 0. The first-order chi connectivity index (χ1) is 15.1. The van der Waals surface area contributed by atoms with E-state index >= 15 is 0 Å². The first-order valence-electron chi connectivity index (χ1n) is 10.9. The molecule has 1 N–H and O–H groups in total. The fourth-order valence-electron chi connectivity index (χ4n) is 4.59. The number of halogens is 2. The van der Waals surface area contributed by atoms with Crippen molar-refractivity contribution in [1.82, 2.24) is 19.7 Å². The standard InChI is InChI=1S/C23H25F2N5O/c24-18-8-9-29(14-18)23(31)27-19-6-7-20(25)21(11-19)30-13-17-10-16(12-26-22(17)28-30)15-4-2-1-3-5-15/h6-7,10-13,15,18H,1-5,8-9,14H2,(H,27,31). The number of nitrogens with one attached hydrogen (secondary N) is 1. The fourth-order valence-corrected chi connectivity index (χ4v) is 4.59. The van der Waals surface area contributed by atoms with Crippen LogP contribution in [-0.2, 0) is 0 Å². The zero-order valence-electron chi connectivity index (χ0n) is 17.2. The predicted octanol–water partition coefficient (Wildman–Crippen LogP) is 5.18. The molecule has 1 saturated heterocycles. The summed E-state index contributed by atoms with van der Waals surface area (Å²) in [4.78, 5) is 18.3. The lowest BCUT2D eigenvalue weighted by atomic mass is 9.85. The van der Waals surface area contributed by atoms with Gasteiger partial charge in [-0.2, -0.15) is 0 Å². The lowest BCUT2D eigenvalue weighted by Gasteiger charge is -2.21. The van der Waals surface area contributed by atoms with E-state index in [1.165, 1.54) is 65.4 Å². The maximum absolute atomic E-state index is 14.6. The van der Waals surface area contributed by atoms with Gasteiger partial charge >= 0.3 is 6.03 Å². The molecule has 1 saturated carbocycles. The van der Waals surface area contributed by atoms with Crippen molar-refractivity contribution in [2.24, 2.45) is 0 Å². The van der Waals surface area contributed by atoms with Crippen molar-refractivity contribution in [3.05, 3.63) is 48.0 Å². The Morgan fingerprint density at radius 1 is 1.13 bits per heavy atom. The van der Waals surface area contributed by atoms with E-state index in [1.54, 1.807) is 6.20 Å². The van der Waals surface area contributed by atoms with Crippen LogP contribution in [0.5, 0.6) is 0 Å². The maximum Gasteiger partial charge on any atom is 0.321 e. The molecule has 1 aliphatic heterocycles. The highest BCUT2D eigenvalue weighted by atomic mass is 19.1. The van der Waals surface area contributed by atoms with Crippen LogP contribution >= 0.6 is 0 Å². The van der Waals surface area contributed by atoms with Crippen molar-refractivity contribution in [2.75, 3.05) is 18.4 Å². The molecule has 1 aliphatic carbocycles. The number of anilines is 1. The Morgan fingerprint density at radius 3 is 2.74 bits per heavy atom. The van der Waals surface area contributed by atoms with Crippen LogP contribution in [0.3, 0.4) is 0 Å². The first-order valence-corrected chi connectivity index (χ1v) is 10.9. The molecular formula is C23H25F2N5O. The van der Waals surface area contributed by atoms with Crippen molar-refractivity contribution < 1.29 is 13.6 Å². The molecule has 31 heavy (non-hydrogen) atoms. The number of pyridine rings is 1. The summed E-state index contributed by atoms with van der Waals surface area (Å²) in [5.74, 6) is 0.0714. The number of hydrogen-bond acceptors (Lipinski definition) is 3. The van der Waals surface area contributed by atoms with Gasteiger partial charge < -0.3 is 10.2 Å². The number of hydrogen-bond donors (Lipinski definition) is 1. The second-order valence-electron chi connectivity index (χ2n) is 8.52. The van der Waals surface area contributed by atoms with E-state index in [0.717, 1.165) is 5.39 Å². The first kappa shape index (κ1) is 19.9. The molecule has 6 nitrogen and oxygen atoms in total. The van der Waals surface area contributed by atoms with Crippen LogP contribution < -0.4 is 5.32 Å². The van der Waals surface area contributed by atoms with Gasteiger partial charge in [0, 0.05) is 30.0 Å². The van der Waals surface area contributed by atoms with Crippen molar-refractivity contribution in [2.45, 2.75) is 50.6 Å². The summed E-state index contributed by atoms with van der Waals surface area (Å²) in [5, 5.41) is 8.02. The van der Waals surface area contributed by atoms with E-state index in [-0.39, 0.29) is 18.3 Å². The molecule has 0 spiro atoms. The summed E-state index contributed by atoms with van der Waals surface area (Å²) in [6.45, 7) is 0.458.